The molecule has 0 radical (unpaired) electrons. The Morgan fingerprint density at radius 2 is 1.88 bits per heavy atom. The summed E-state index contributed by atoms with van der Waals surface area (Å²) in [7, 11) is 0. The number of hydrogen-bond acceptors (Lipinski definition) is 4. The predicted molar refractivity (Wildman–Crippen MR) is 98.1 cm³/mol. The summed E-state index contributed by atoms with van der Waals surface area (Å²) in [5.41, 5.74) is 0.884. The number of likely N-dealkylation sites (tertiary alicyclic amines) is 1. The minimum absolute atomic E-state index is 0. The van der Waals surface area contributed by atoms with Gasteiger partial charge < -0.3 is 9.64 Å². The van der Waals surface area contributed by atoms with Crippen molar-refractivity contribution in [2.24, 2.45) is 5.92 Å². The van der Waals surface area contributed by atoms with Gasteiger partial charge in [0.1, 0.15) is 0 Å². The van der Waals surface area contributed by atoms with Gasteiger partial charge in [-0.2, -0.15) is 0 Å². The summed E-state index contributed by atoms with van der Waals surface area (Å²) in [5, 5.41) is 2.88. The largest absolute Gasteiger partial charge is 0.449 e. The Morgan fingerprint density at radius 3 is 2.40 bits per heavy atom. The monoisotopic (exact) mass is 368 g/mol. The molecule has 1 saturated heterocycles. The average molecular weight is 369 g/mol. The molecule has 0 aliphatic carbocycles. The second-order valence-electron chi connectivity index (χ2n) is 5.92. The van der Waals surface area contributed by atoms with Gasteiger partial charge in [-0.25, -0.2) is 4.79 Å². The Kier molecular flexibility index (Phi) is 7.90. The van der Waals surface area contributed by atoms with Crippen LogP contribution in [0.2, 0.25) is 5.02 Å². The summed E-state index contributed by atoms with van der Waals surface area (Å²) in [5.74, 6) is 0.207. The van der Waals surface area contributed by atoms with Crippen LogP contribution in [0.5, 0.6) is 0 Å². The van der Waals surface area contributed by atoms with Crippen LogP contribution in [0.25, 0.3) is 0 Å². The van der Waals surface area contributed by atoms with E-state index in [2.05, 4.69) is 5.32 Å². The highest BCUT2D eigenvalue weighted by Crippen LogP contribution is 2.22. The Morgan fingerprint density at radius 1 is 1.24 bits per heavy atom. The van der Waals surface area contributed by atoms with Crippen LogP contribution >= 0.6 is 11.6 Å². The number of amides is 2. The second-order valence-corrected chi connectivity index (χ2v) is 6.33. The number of ketones is 1. The topological polar surface area (TPSA) is 75.7 Å². The molecular weight excluding hydrogens is 344 g/mol. The molecule has 1 heterocycles. The maximum Gasteiger partial charge on any atom is 0.411 e. The fraction of sp³-hybridized carbons (Fsp3) is 0.500. The molecule has 6 nitrogen and oxygen atoms in total. The third-order valence-electron chi connectivity index (χ3n) is 4.10. The zero-order chi connectivity index (χ0) is 17.7. The number of rotatable bonds is 4. The number of piperidine rings is 1. The molecule has 0 atom stereocenters. The third kappa shape index (κ3) is 6.05. The molecule has 1 aliphatic rings. The standard InChI is InChI=1S/C17H21ClN2O4.CH4/c1-11(21)15-4-3-14(9-16(15)18)19-17(23)24-10-13-5-7-20(8-6-13)12(2)22;/h3-4,9,13H,5-8,10H2,1-2H3,(H,19,23);1H4. The first-order valence-electron chi connectivity index (χ1n) is 7.86. The first kappa shape index (κ1) is 21.0. The summed E-state index contributed by atoms with van der Waals surface area (Å²) in [4.78, 5) is 36.2. The summed E-state index contributed by atoms with van der Waals surface area (Å²) in [6.07, 6.45) is 1.09. The van der Waals surface area contributed by atoms with Crippen molar-refractivity contribution in [2.75, 3.05) is 25.0 Å². The van der Waals surface area contributed by atoms with Gasteiger partial charge in [0.25, 0.3) is 0 Å². The number of halogens is 1. The molecule has 1 N–H and O–H groups in total. The highest BCUT2D eigenvalue weighted by molar-refractivity contribution is 6.34. The van der Waals surface area contributed by atoms with Crippen LogP contribution in [-0.4, -0.2) is 42.4 Å². The fourth-order valence-electron chi connectivity index (χ4n) is 2.64. The fourth-order valence-corrected chi connectivity index (χ4v) is 2.95. The van der Waals surface area contributed by atoms with Crippen molar-refractivity contribution in [3.8, 4) is 0 Å². The number of benzene rings is 1. The van der Waals surface area contributed by atoms with Crippen molar-refractivity contribution >= 4 is 35.1 Å². The molecule has 1 aliphatic heterocycles. The molecule has 1 aromatic carbocycles. The summed E-state index contributed by atoms with van der Waals surface area (Å²) in [6, 6.07) is 4.69. The highest BCUT2D eigenvalue weighted by Gasteiger charge is 2.21. The molecule has 0 spiro atoms. The SMILES string of the molecule is C.CC(=O)c1ccc(NC(=O)OCC2CCN(C(C)=O)CC2)cc1Cl. The van der Waals surface area contributed by atoms with Gasteiger partial charge in [-0.15, -0.1) is 0 Å². The van der Waals surface area contributed by atoms with Crippen molar-refractivity contribution in [3.63, 3.8) is 0 Å². The van der Waals surface area contributed by atoms with E-state index in [1.54, 1.807) is 24.0 Å². The van der Waals surface area contributed by atoms with Gasteiger partial charge in [0.15, 0.2) is 5.78 Å². The number of ether oxygens (including phenoxy) is 1. The van der Waals surface area contributed by atoms with Crippen LogP contribution in [0.4, 0.5) is 10.5 Å². The number of carbonyl (C=O) groups excluding carboxylic acids is 3. The second kappa shape index (κ2) is 9.42. The van der Waals surface area contributed by atoms with Gasteiger partial charge in [0.05, 0.1) is 11.6 Å². The zero-order valence-corrected chi connectivity index (χ0v) is 14.6. The predicted octanol–water partition coefficient (Wildman–Crippen LogP) is 3.99. The van der Waals surface area contributed by atoms with E-state index in [0.717, 1.165) is 12.8 Å². The molecule has 0 saturated carbocycles. The van der Waals surface area contributed by atoms with Gasteiger partial charge in [-0.3, -0.25) is 14.9 Å². The average Bonchev–Trinajstić information content (AvgIpc) is 2.53. The van der Waals surface area contributed by atoms with Gasteiger partial charge in [0, 0.05) is 31.3 Å². The van der Waals surface area contributed by atoms with E-state index in [-0.39, 0.29) is 30.1 Å². The summed E-state index contributed by atoms with van der Waals surface area (Å²) in [6.45, 7) is 4.71. The van der Waals surface area contributed by atoms with E-state index in [1.165, 1.54) is 13.0 Å². The minimum Gasteiger partial charge on any atom is -0.449 e. The van der Waals surface area contributed by atoms with Crippen LogP contribution in [-0.2, 0) is 9.53 Å². The lowest BCUT2D eigenvalue weighted by Gasteiger charge is -2.30. The molecule has 0 bridgehead atoms. The first-order valence-corrected chi connectivity index (χ1v) is 8.24. The smallest absolute Gasteiger partial charge is 0.411 e. The van der Waals surface area contributed by atoms with Crippen molar-refractivity contribution < 1.29 is 19.1 Å². The number of anilines is 1. The van der Waals surface area contributed by atoms with E-state index in [9.17, 15) is 14.4 Å². The van der Waals surface area contributed by atoms with Gasteiger partial charge in [-0.1, -0.05) is 19.0 Å². The number of nitrogens with zero attached hydrogens (tertiary/aromatic N) is 1. The number of carbonyl (C=O) groups is 3. The Balaban J connectivity index is 0.00000312. The van der Waals surface area contributed by atoms with Crippen LogP contribution in [0.1, 0.15) is 44.5 Å². The van der Waals surface area contributed by atoms with Gasteiger partial charge in [0.2, 0.25) is 5.91 Å². The lowest BCUT2D eigenvalue weighted by atomic mass is 9.98. The highest BCUT2D eigenvalue weighted by atomic mass is 35.5. The van der Waals surface area contributed by atoms with Crippen molar-refractivity contribution in [3.05, 3.63) is 28.8 Å². The van der Waals surface area contributed by atoms with Crippen LogP contribution in [0.3, 0.4) is 0 Å². The summed E-state index contributed by atoms with van der Waals surface area (Å²) >= 11 is 6.00. The minimum atomic E-state index is -0.560. The van der Waals surface area contributed by atoms with Gasteiger partial charge >= 0.3 is 6.09 Å². The first-order chi connectivity index (χ1) is 11.4. The molecule has 0 unspecified atom stereocenters. The quantitative estimate of drug-likeness (QED) is 0.815. The van der Waals surface area contributed by atoms with Crippen molar-refractivity contribution in [1.29, 1.82) is 0 Å². The molecule has 0 aromatic heterocycles. The van der Waals surface area contributed by atoms with Gasteiger partial charge in [-0.05, 0) is 43.9 Å². The van der Waals surface area contributed by atoms with Crippen LogP contribution < -0.4 is 5.32 Å². The molecule has 2 amide bonds. The van der Waals surface area contributed by atoms with E-state index >= 15 is 0 Å². The molecule has 1 fully saturated rings. The third-order valence-corrected chi connectivity index (χ3v) is 4.42. The van der Waals surface area contributed by atoms with Crippen molar-refractivity contribution in [1.82, 2.24) is 4.90 Å². The lowest BCUT2D eigenvalue weighted by Crippen LogP contribution is -2.38. The molecular formula is C18H25ClN2O4. The Hall–Kier alpha value is -2.08. The maximum absolute atomic E-state index is 11.8. The number of nitrogens with one attached hydrogen (secondary N) is 1. The Bertz CT molecular complexity index is 640. The van der Waals surface area contributed by atoms with E-state index < -0.39 is 6.09 Å². The van der Waals surface area contributed by atoms with E-state index in [0.29, 0.717) is 30.9 Å². The van der Waals surface area contributed by atoms with E-state index in [1.807, 2.05) is 0 Å². The van der Waals surface area contributed by atoms with Crippen molar-refractivity contribution in [2.45, 2.75) is 34.1 Å². The Labute approximate surface area is 153 Å². The zero-order valence-electron chi connectivity index (χ0n) is 13.8. The van der Waals surface area contributed by atoms with Crippen LogP contribution in [0.15, 0.2) is 18.2 Å². The maximum atomic E-state index is 11.8. The normalized spacial score (nSPS) is 14.4. The molecule has 7 heteroatoms. The number of Topliss-reactive ketones (excluding diaryl/α,β-unsaturated/α-hetero) is 1. The molecule has 1 aromatic rings. The molecule has 138 valence electrons. The summed E-state index contributed by atoms with van der Waals surface area (Å²) < 4.78 is 5.24. The molecule has 25 heavy (non-hydrogen) atoms. The lowest BCUT2D eigenvalue weighted by molar-refractivity contribution is -0.130. The molecule has 2 rings (SSSR count). The number of hydrogen-bond donors (Lipinski definition) is 1. The van der Waals surface area contributed by atoms with E-state index in [4.69, 9.17) is 16.3 Å². The van der Waals surface area contributed by atoms with Crippen LogP contribution in [0, 0.1) is 5.92 Å².